The van der Waals surface area contributed by atoms with Crippen LogP contribution in [0.4, 0.5) is 11.4 Å². The number of hydrogen-bond donors (Lipinski definition) is 0. The fraction of sp³-hybridized carbons (Fsp3) is 0.0755. The van der Waals surface area contributed by atoms with Gasteiger partial charge in [0.1, 0.15) is 11.6 Å². The largest absolute Gasteiger partial charge is 0.314 e. The van der Waals surface area contributed by atoms with Gasteiger partial charge in [0.25, 0.3) is 0 Å². The molecule has 1 aliphatic heterocycles. The average Bonchev–Trinajstić information content (AvgIpc) is 3.90. The third-order valence-electron chi connectivity index (χ3n) is 11.2. The number of aromatic nitrogens is 4. The van der Waals surface area contributed by atoms with E-state index in [1.54, 1.807) is 0 Å². The summed E-state index contributed by atoms with van der Waals surface area (Å²) in [5, 5.41) is 0. The summed E-state index contributed by atoms with van der Waals surface area (Å²) >= 11 is 0. The molecule has 0 unspecified atom stereocenters. The second kappa shape index (κ2) is 15.8. The molecule has 3 heterocycles. The molecule has 0 radical (unpaired) electrons. The maximum atomic E-state index is 5.14. The number of imidazole rings is 2. The highest BCUT2D eigenvalue weighted by molar-refractivity contribution is 5.85. The Labute approximate surface area is 344 Å². The zero-order valence-electron chi connectivity index (χ0n) is 32.9. The Balaban J connectivity index is 1.04. The van der Waals surface area contributed by atoms with E-state index in [-0.39, 0.29) is 0 Å². The Kier molecular flexibility index (Phi) is 9.57. The second-order valence-corrected chi connectivity index (χ2v) is 14.9. The number of dihydropyridines is 1. The SMILES string of the molecule is C/C(=C\C=C1\C=CC=NC1)C1=CC=C(N(c2ccc(-c3nc4ccccc4n3-c3ccccc3)cc2)c2ccc(-c3nc4ccccc4n3-c3ccccc3)cc2)CC1. The fourth-order valence-electron chi connectivity index (χ4n) is 8.14. The van der Waals surface area contributed by atoms with Crippen LogP contribution in [0.15, 0.2) is 222 Å². The number of benzene rings is 6. The predicted molar refractivity (Wildman–Crippen MR) is 245 cm³/mol. The first-order valence-corrected chi connectivity index (χ1v) is 20.2. The van der Waals surface area contributed by atoms with Crippen LogP contribution in [0.1, 0.15) is 19.8 Å². The minimum atomic E-state index is 0.727. The number of fused-ring (bicyclic) bond motifs is 2. The fourth-order valence-corrected chi connectivity index (χ4v) is 8.14. The molecule has 2 aromatic heterocycles. The summed E-state index contributed by atoms with van der Waals surface area (Å²) in [4.78, 5) is 17.1. The van der Waals surface area contributed by atoms with Gasteiger partial charge in [-0.25, -0.2) is 9.97 Å². The summed E-state index contributed by atoms with van der Waals surface area (Å²) in [5.74, 6) is 1.83. The van der Waals surface area contributed by atoms with Crippen molar-refractivity contribution in [2.24, 2.45) is 4.99 Å². The van der Waals surface area contributed by atoms with E-state index >= 15 is 0 Å². The lowest BCUT2D eigenvalue weighted by Gasteiger charge is -2.30. The van der Waals surface area contributed by atoms with Gasteiger partial charge in [0, 0.05) is 45.8 Å². The van der Waals surface area contributed by atoms with Gasteiger partial charge in [-0.2, -0.15) is 0 Å². The van der Waals surface area contributed by atoms with Crippen LogP contribution in [0.25, 0.3) is 56.2 Å². The lowest BCUT2D eigenvalue weighted by Crippen LogP contribution is -2.18. The summed E-state index contributed by atoms with van der Waals surface area (Å²) < 4.78 is 4.51. The zero-order valence-corrected chi connectivity index (χ0v) is 32.9. The van der Waals surface area contributed by atoms with Crippen LogP contribution in [-0.4, -0.2) is 31.9 Å². The lowest BCUT2D eigenvalue weighted by atomic mass is 9.95. The van der Waals surface area contributed by atoms with Crippen molar-refractivity contribution in [2.75, 3.05) is 11.4 Å². The van der Waals surface area contributed by atoms with Gasteiger partial charge in [-0.1, -0.05) is 85.0 Å². The van der Waals surface area contributed by atoms with E-state index in [0.717, 1.165) is 87.0 Å². The number of rotatable bonds is 9. The van der Waals surface area contributed by atoms with Gasteiger partial charge in [-0.15, -0.1) is 0 Å². The number of anilines is 2. The Morgan fingerprint density at radius 1 is 0.576 bits per heavy atom. The molecule has 0 amide bonds. The molecule has 8 aromatic rings. The Morgan fingerprint density at radius 3 is 1.59 bits per heavy atom. The van der Waals surface area contributed by atoms with Gasteiger partial charge in [-0.05, 0) is 146 Å². The van der Waals surface area contributed by atoms with E-state index < -0.39 is 0 Å². The summed E-state index contributed by atoms with van der Waals surface area (Å²) in [6, 6.07) is 55.4. The molecule has 2 aliphatic rings. The molecule has 0 spiro atoms. The van der Waals surface area contributed by atoms with E-state index in [2.05, 4.69) is 202 Å². The quantitative estimate of drug-likeness (QED) is 0.147. The van der Waals surface area contributed by atoms with Crippen molar-refractivity contribution in [3.05, 3.63) is 217 Å². The summed E-state index contributed by atoms with van der Waals surface area (Å²) in [6.07, 6.45) is 16.8. The van der Waals surface area contributed by atoms with Crippen LogP contribution in [0.5, 0.6) is 0 Å². The Morgan fingerprint density at radius 2 is 1.10 bits per heavy atom. The van der Waals surface area contributed by atoms with E-state index in [9.17, 15) is 0 Å². The van der Waals surface area contributed by atoms with Crippen LogP contribution in [0.2, 0.25) is 0 Å². The van der Waals surface area contributed by atoms with Crippen LogP contribution < -0.4 is 4.90 Å². The predicted octanol–water partition coefficient (Wildman–Crippen LogP) is 13.0. The van der Waals surface area contributed by atoms with Crippen molar-refractivity contribution in [3.63, 3.8) is 0 Å². The molecule has 0 N–H and O–H groups in total. The monoisotopic (exact) mass is 762 g/mol. The molecule has 0 saturated heterocycles. The van der Waals surface area contributed by atoms with E-state index in [1.807, 2.05) is 24.4 Å². The first-order valence-electron chi connectivity index (χ1n) is 20.2. The third kappa shape index (κ3) is 7.06. The molecular formula is C53H42N6. The van der Waals surface area contributed by atoms with Gasteiger partial charge in [0.2, 0.25) is 0 Å². The molecule has 10 rings (SSSR count). The lowest BCUT2D eigenvalue weighted by molar-refractivity contribution is 0.880. The number of hydrogen-bond acceptors (Lipinski definition) is 4. The molecule has 1 aliphatic carbocycles. The smallest absolute Gasteiger partial charge is 0.145 e. The summed E-state index contributed by atoms with van der Waals surface area (Å²) in [5.41, 5.74) is 15.6. The molecule has 6 heteroatoms. The number of allylic oxidation sites excluding steroid dienone is 8. The van der Waals surface area contributed by atoms with Gasteiger partial charge in [-0.3, -0.25) is 14.1 Å². The standard InChI is InChI=1S/C53H42N6/c1-38(22-23-39-13-12-36-54-37-39)40-24-30-45(31-25-40)57(46-32-26-41(27-33-46)52-55-48-18-8-10-20-50(48)58(52)43-14-4-2-5-15-43)47-34-28-42(29-35-47)53-56-49-19-9-11-21-51(49)59(53)44-16-6-3-7-17-44/h2-24,26-30,32-36H,25,31,37H2,1H3/b38-22+,39-23-. The number of para-hydroxylation sites is 6. The Hall–Kier alpha value is -7.57. The topological polar surface area (TPSA) is 51.2 Å². The van der Waals surface area contributed by atoms with Crippen molar-refractivity contribution >= 4 is 39.7 Å². The normalized spacial score (nSPS) is 14.9. The minimum absolute atomic E-state index is 0.727. The van der Waals surface area contributed by atoms with E-state index in [4.69, 9.17) is 9.97 Å². The summed E-state index contributed by atoms with van der Waals surface area (Å²) in [6.45, 7) is 2.93. The molecule has 0 fully saturated rings. The highest BCUT2D eigenvalue weighted by Gasteiger charge is 2.21. The molecular weight excluding hydrogens is 721 g/mol. The first kappa shape index (κ1) is 35.8. The minimum Gasteiger partial charge on any atom is -0.314 e. The van der Waals surface area contributed by atoms with Crippen LogP contribution in [-0.2, 0) is 0 Å². The van der Waals surface area contributed by atoms with Crippen LogP contribution in [0.3, 0.4) is 0 Å². The van der Waals surface area contributed by atoms with Gasteiger partial charge >= 0.3 is 0 Å². The van der Waals surface area contributed by atoms with Gasteiger partial charge < -0.3 is 4.90 Å². The van der Waals surface area contributed by atoms with Gasteiger partial charge in [0.05, 0.1) is 28.6 Å². The highest BCUT2D eigenvalue weighted by atomic mass is 15.2. The molecule has 6 nitrogen and oxygen atoms in total. The molecule has 0 saturated carbocycles. The molecule has 0 atom stereocenters. The summed E-state index contributed by atoms with van der Waals surface area (Å²) in [7, 11) is 0. The van der Waals surface area contributed by atoms with Crippen molar-refractivity contribution in [1.82, 2.24) is 19.1 Å². The van der Waals surface area contributed by atoms with E-state index in [1.165, 1.54) is 22.4 Å². The molecule has 0 bridgehead atoms. The Bertz CT molecular complexity index is 2830. The maximum Gasteiger partial charge on any atom is 0.145 e. The van der Waals surface area contributed by atoms with Crippen molar-refractivity contribution in [3.8, 4) is 34.2 Å². The number of nitrogens with zero attached hydrogens (tertiary/aromatic N) is 6. The maximum absolute atomic E-state index is 5.14. The second-order valence-electron chi connectivity index (χ2n) is 14.9. The van der Waals surface area contributed by atoms with Crippen LogP contribution >= 0.6 is 0 Å². The van der Waals surface area contributed by atoms with Crippen molar-refractivity contribution < 1.29 is 0 Å². The van der Waals surface area contributed by atoms with Crippen molar-refractivity contribution in [2.45, 2.75) is 19.8 Å². The number of aliphatic imine (C=N–C) groups is 1. The third-order valence-corrected chi connectivity index (χ3v) is 11.2. The first-order chi connectivity index (χ1) is 29.2. The molecule has 59 heavy (non-hydrogen) atoms. The zero-order chi connectivity index (χ0) is 39.5. The average molecular weight is 763 g/mol. The molecule has 6 aromatic carbocycles. The highest BCUT2D eigenvalue weighted by Crippen LogP contribution is 2.39. The van der Waals surface area contributed by atoms with Crippen molar-refractivity contribution in [1.29, 1.82) is 0 Å². The van der Waals surface area contributed by atoms with E-state index in [0.29, 0.717) is 0 Å². The molecule has 284 valence electrons. The van der Waals surface area contributed by atoms with Gasteiger partial charge in [0.15, 0.2) is 0 Å². The van der Waals surface area contributed by atoms with Crippen LogP contribution in [0, 0.1) is 0 Å².